The topological polar surface area (TPSA) is 81.4 Å². The van der Waals surface area contributed by atoms with Gasteiger partial charge in [-0.3, -0.25) is 9.36 Å². The Kier molecular flexibility index (Phi) is 7.94. The number of aryl methyl sites for hydroxylation is 1. The first-order valence-electron chi connectivity index (χ1n) is 10.5. The Hall–Kier alpha value is -3.50. The van der Waals surface area contributed by atoms with Gasteiger partial charge in [0.05, 0.1) is 19.1 Å². The number of carbonyl (C=O) groups excluding carboxylic acids is 1. The molecular weight excluding hydrogens is 533 g/mol. The van der Waals surface area contributed by atoms with Gasteiger partial charge in [0.15, 0.2) is 11.0 Å². The maximum absolute atomic E-state index is 13.8. The zero-order chi connectivity index (χ0) is 24.8. The third kappa shape index (κ3) is 6.14. The molecule has 1 heterocycles. The summed E-state index contributed by atoms with van der Waals surface area (Å²) in [6.45, 7) is 2.02. The predicted molar refractivity (Wildman–Crippen MR) is 139 cm³/mol. The lowest BCUT2D eigenvalue weighted by Crippen LogP contribution is -2.20. The molecule has 1 N–H and O–H groups in total. The van der Waals surface area contributed by atoms with E-state index in [0.29, 0.717) is 15.5 Å². The molecule has 35 heavy (non-hydrogen) atoms. The van der Waals surface area contributed by atoms with Crippen molar-refractivity contribution < 1.29 is 13.9 Å². The molecule has 0 aliphatic rings. The van der Waals surface area contributed by atoms with Crippen LogP contribution in [0.5, 0.6) is 5.75 Å². The molecule has 0 unspecified atom stereocenters. The number of rotatable bonds is 8. The molecule has 178 valence electrons. The Morgan fingerprint density at radius 1 is 1.14 bits per heavy atom. The smallest absolute Gasteiger partial charge is 0.250 e. The van der Waals surface area contributed by atoms with E-state index in [4.69, 9.17) is 4.74 Å². The number of hydrogen-bond acceptors (Lipinski definition) is 6. The fraction of sp³-hybridized carbons (Fsp3) is 0.120. The molecule has 0 atom stereocenters. The molecule has 1 amide bonds. The average molecular weight is 554 g/mol. The summed E-state index contributed by atoms with van der Waals surface area (Å²) in [6, 6.07) is 20.0. The molecule has 0 bridgehead atoms. The van der Waals surface area contributed by atoms with E-state index in [1.807, 2.05) is 60.0 Å². The van der Waals surface area contributed by atoms with E-state index in [1.165, 1.54) is 24.0 Å². The van der Waals surface area contributed by atoms with Crippen molar-refractivity contribution in [3.8, 4) is 22.8 Å². The minimum atomic E-state index is -0.434. The fourth-order valence-corrected chi connectivity index (χ4v) is 4.29. The highest BCUT2D eigenvalue weighted by molar-refractivity contribution is 9.10. The molecule has 0 aliphatic heterocycles. The molecule has 0 spiro atoms. The van der Waals surface area contributed by atoms with Crippen LogP contribution in [0.15, 0.2) is 81.5 Å². The summed E-state index contributed by atoms with van der Waals surface area (Å²) in [5.41, 5.74) is 5.55. The first-order chi connectivity index (χ1) is 16.9. The number of hydrazone groups is 1. The Morgan fingerprint density at radius 2 is 1.89 bits per heavy atom. The van der Waals surface area contributed by atoms with Crippen LogP contribution in [-0.4, -0.2) is 39.7 Å². The van der Waals surface area contributed by atoms with Crippen LogP contribution in [0.25, 0.3) is 17.1 Å². The zero-order valence-corrected chi connectivity index (χ0v) is 21.3. The van der Waals surface area contributed by atoms with Crippen molar-refractivity contribution in [2.75, 3.05) is 12.9 Å². The number of methoxy groups -OCH3 is 1. The van der Waals surface area contributed by atoms with E-state index < -0.39 is 5.82 Å². The van der Waals surface area contributed by atoms with Crippen LogP contribution in [0.3, 0.4) is 0 Å². The van der Waals surface area contributed by atoms with Gasteiger partial charge < -0.3 is 4.74 Å². The highest BCUT2D eigenvalue weighted by Crippen LogP contribution is 2.29. The first kappa shape index (κ1) is 24.6. The monoisotopic (exact) mass is 553 g/mol. The molecule has 7 nitrogen and oxygen atoms in total. The third-order valence-corrected chi connectivity index (χ3v) is 6.38. The van der Waals surface area contributed by atoms with Crippen LogP contribution >= 0.6 is 27.7 Å². The van der Waals surface area contributed by atoms with Crippen LogP contribution in [-0.2, 0) is 4.79 Å². The van der Waals surface area contributed by atoms with Gasteiger partial charge in [-0.1, -0.05) is 57.5 Å². The van der Waals surface area contributed by atoms with Crippen LogP contribution in [0.1, 0.15) is 11.1 Å². The second-order valence-electron chi connectivity index (χ2n) is 7.45. The average Bonchev–Trinajstić information content (AvgIpc) is 3.29. The Morgan fingerprint density at radius 3 is 2.60 bits per heavy atom. The maximum Gasteiger partial charge on any atom is 0.250 e. The van der Waals surface area contributed by atoms with Crippen LogP contribution in [0.4, 0.5) is 4.39 Å². The van der Waals surface area contributed by atoms with E-state index in [9.17, 15) is 9.18 Å². The van der Waals surface area contributed by atoms with E-state index in [2.05, 4.69) is 36.7 Å². The Bertz CT molecular complexity index is 1360. The van der Waals surface area contributed by atoms with Crippen molar-refractivity contribution in [2.24, 2.45) is 5.10 Å². The number of aromatic nitrogens is 3. The molecule has 0 aliphatic carbocycles. The van der Waals surface area contributed by atoms with E-state index in [1.54, 1.807) is 19.2 Å². The highest BCUT2D eigenvalue weighted by atomic mass is 79.9. The summed E-state index contributed by atoms with van der Waals surface area (Å²) >= 11 is 4.50. The van der Waals surface area contributed by atoms with Gasteiger partial charge in [0.2, 0.25) is 0 Å². The van der Waals surface area contributed by atoms with Gasteiger partial charge in [0.25, 0.3) is 5.91 Å². The van der Waals surface area contributed by atoms with Gasteiger partial charge in [-0.2, -0.15) is 5.10 Å². The lowest BCUT2D eigenvalue weighted by molar-refractivity contribution is -0.118. The summed E-state index contributed by atoms with van der Waals surface area (Å²) in [6.07, 6.45) is 1.26. The summed E-state index contributed by atoms with van der Waals surface area (Å²) in [5, 5.41) is 13.1. The molecule has 10 heteroatoms. The quantitative estimate of drug-likeness (QED) is 0.179. The SMILES string of the molecule is COc1ccc(-n2c(SCC(=O)NN=Cc3cc(Br)ccc3F)nnc2-c2ccc(C)cc2)cc1. The number of amides is 1. The van der Waals surface area contributed by atoms with Gasteiger partial charge >= 0.3 is 0 Å². The van der Waals surface area contributed by atoms with Crippen LogP contribution in [0, 0.1) is 12.7 Å². The molecule has 1 aromatic heterocycles. The number of carbonyl (C=O) groups is 1. The molecule has 0 fully saturated rings. The van der Waals surface area contributed by atoms with Gasteiger partial charge in [0, 0.05) is 21.3 Å². The largest absolute Gasteiger partial charge is 0.497 e. The van der Waals surface area contributed by atoms with Crippen LogP contribution < -0.4 is 10.2 Å². The van der Waals surface area contributed by atoms with Gasteiger partial charge in [-0.25, -0.2) is 9.82 Å². The maximum atomic E-state index is 13.8. The summed E-state index contributed by atoms with van der Waals surface area (Å²) in [4.78, 5) is 12.4. The molecule has 0 radical (unpaired) electrons. The second kappa shape index (κ2) is 11.3. The summed E-state index contributed by atoms with van der Waals surface area (Å²) in [7, 11) is 1.61. The van der Waals surface area contributed by atoms with Crippen molar-refractivity contribution in [1.29, 1.82) is 0 Å². The van der Waals surface area contributed by atoms with E-state index in [-0.39, 0.29) is 17.2 Å². The number of ether oxygens (including phenoxy) is 1. The van der Waals surface area contributed by atoms with Crippen molar-refractivity contribution in [2.45, 2.75) is 12.1 Å². The van der Waals surface area contributed by atoms with Crippen molar-refractivity contribution in [3.63, 3.8) is 0 Å². The van der Waals surface area contributed by atoms with E-state index >= 15 is 0 Å². The van der Waals surface area contributed by atoms with Gasteiger partial charge in [-0.05, 0) is 49.4 Å². The minimum absolute atomic E-state index is 0.0422. The fourth-order valence-electron chi connectivity index (χ4n) is 3.17. The number of halogens is 2. The zero-order valence-electron chi connectivity index (χ0n) is 18.9. The lowest BCUT2D eigenvalue weighted by Gasteiger charge is -2.11. The van der Waals surface area contributed by atoms with E-state index in [0.717, 1.165) is 22.6 Å². The van der Waals surface area contributed by atoms with Gasteiger partial charge in [-0.15, -0.1) is 10.2 Å². The molecule has 4 rings (SSSR count). The minimum Gasteiger partial charge on any atom is -0.497 e. The molecule has 4 aromatic rings. The second-order valence-corrected chi connectivity index (χ2v) is 9.31. The lowest BCUT2D eigenvalue weighted by atomic mass is 10.1. The molecule has 0 saturated heterocycles. The normalized spacial score (nSPS) is 11.1. The standard InChI is InChI=1S/C25H21BrFN5O2S/c1-16-3-5-17(6-4-16)24-30-31-25(32(24)20-8-10-21(34-2)11-9-20)35-15-23(33)29-28-14-18-13-19(26)7-12-22(18)27/h3-14H,15H2,1-2H3,(H,29,33). The van der Waals surface area contributed by atoms with Crippen molar-refractivity contribution in [1.82, 2.24) is 20.2 Å². The van der Waals surface area contributed by atoms with Crippen molar-refractivity contribution >= 4 is 39.8 Å². The number of hydrogen-bond donors (Lipinski definition) is 1. The third-order valence-electron chi connectivity index (χ3n) is 4.96. The first-order valence-corrected chi connectivity index (χ1v) is 12.3. The Labute approximate surface area is 214 Å². The number of thioether (sulfide) groups is 1. The van der Waals surface area contributed by atoms with Crippen molar-refractivity contribution in [3.05, 3.63) is 88.1 Å². The van der Waals surface area contributed by atoms with Gasteiger partial charge in [0.1, 0.15) is 11.6 Å². The number of nitrogens with zero attached hydrogens (tertiary/aromatic N) is 4. The highest BCUT2D eigenvalue weighted by Gasteiger charge is 2.17. The number of benzene rings is 3. The summed E-state index contributed by atoms with van der Waals surface area (Å²) < 4.78 is 21.7. The molecule has 3 aromatic carbocycles. The number of nitrogens with one attached hydrogen (secondary N) is 1. The Balaban J connectivity index is 1.52. The van der Waals surface area contributed by atoms with Crippen LogP contribution in [0.2, 0.25) is 0 Å². The predicted octanol–water partition coefficient (Wildman–Crippen LogP) is 5.40. The summed E-state index contributed by atoms with van der Waals surface area (Å²) in [5.74, 6) is 0.633. The molecular formula is C25H21BrFN5O2S. The molecule has 0 saturated carbocycles.